The second kappa shape index (κ2) is 6.26. The number of amides is 3. The summed E-state index contributed by atoms with van der Waals surface area (Å²) in [6.07, 6.45) is 0.868. The minimum atomic E-state index is 0.00749. The molecule has 110 valence electrons. The van der Waals surface area contributed by atoms with Crippen molar-refractivity contribution in [1.29, 1.82) is 0 Å². The van der Waals surface area contributed by atoms with Gasteiger partial charge < -0.3 is 14.7 Å². The monoisotopic (exact) mass is 269 g/mol. The quantitative estimate of drug-likeness (QED) is 0.781. The minimum Gasteiger partial charge on any atom is -0.341 e. The molecule has 0 aromatic rings. The second-order valence-corrected chi connectivity index (χ2v) is 5.98. The molecule has 0 aromatic carbocycles. The smallest absolute Gasteiger partial charge is 0.320 e. The van der Waals surface area contributed by atoms with E-state index in [4.69, 9.17) is 0 Å². The maximum Gasteiger partial charge on any atom is 0.320 e. The predicted molar refractivity (Wildman–Crippen MR) is 75.9 cm³/mol. The SMILES string of the molecule is CC(C)C(=O)N(C)C1CCN(C(=O)N(C)C(C)C)C1. The van der Waals surface area contributed by atoms with Crippen LogP contribution in [-0.4, -0.2) is 65.9 Å². The van der Waals surface area contributed by atoms with Crippen LogP contribution in [0.5, 0.6) is 0 Å². The summed E-state index contributed by atoms with van der Waals surface area (Å²) in [7, 11) is 3.66. The molecule has 0 aromatic heterocycles. The zero-order valence-corrected chi connectivity index (χ0v) is 13.0. The van der Waals surface area contributed by atoms with Crippen LogP contribution in [0.15, 0.2) is 0 Å². The van der Waals surface area contributed by atoms with Gasteiger partial charge in [-0.05, 0) is 20.3 Å². The number of carbonyl (C=O) groups excluding carboxylic acids is 2. The molecule has 5 nitrogen and oxygen atoms in total. The summed E-state index contributed by atoms with van der Waals surface area (Å²) in [6.45, 7) is 9.19. The fourth-order valence-corrected chi connectivity index (χ4v) is 2.26. The zero-order chi connectivity index (χ0) is 14.7. The molecule has 1 aliphatic rings. The van der Waals surface area contributed by atoms with Gasteiger partial charge >= 0.3 is 6.03 Å². The van der Waals surface area contributed by atoms with Crippen molar-refractivity contribution in [3.8, 4) is 0 Å². The van der Waals surface area contributed by atoms with Crippen LogP contribution in [0.2, 0.25) is 0 Å². The molecule has 1 heterocycles. The number of rotatable bonds is 3. The lowest BCUT2D eigenvalue weighted by atomic mass is 10.1. The number of carbonyl (C=O) groups is 2. The van der Waals surface area contributed by atoms with E-state index in [1.165, 1.54) is 0 Å². The van der Waals surface area contributed by atoms with Gasteiger partial charge in [0.1, 0.15) is 0 Å². The number of nitrogens with zero attached hydrogens (tertiary/aromatic N) is 3. The normalized spacial score (nSPS) is 19.2. The minimum absolute atomic E-state index is 0.00749. The van der Waals surface area contributed by atoms with E-state index in [1.807, 2.05) is 46.7 Å². The molecule has 1 saturated heterocycles. The van der Waals surface area contributed by atoms with Crippen LogP contribution in [0, 0.1) is 5.92 Å². The average Bonchev–Trinajstić information content (AvgIpc) is 2.84. The van der Waals surface area contributed by atoms with Crippen LogP contribution in [0.4, 0.5) is 4.79 Å². The molecule has 1 rings (SSSR count). The van der Waals surface area contributed by atoms with Gasteiger partial charge in [-0.1, -0.05) is 13.8 Å². The maximum atomic E-state index is 12.2. The molecular weight excluding hydrogens is 242 g/mol. The Hall–Kier alpha value is -1.26. The van der Waals surface area contributed by atoms with Gasteiger partial charge in [0, 0.05) is 39.1 Å². The molecule has 19 heavy (non-hydrogen) atoms. The molecule has 0 saturated carbocycles. The van der Waals surface area contributed by atoms with E-state index in [9.17, 15) is 9.59 Å². The Morgan fingerprint density at radius 2 is 1.74 bits per heavy atom. The Balaban J connectivity index is 2.59. The Labute approximate surface area is 116 Å². The summed E-state index contributed by atoms with van der Waals surface area (Å²) in [5.41, 5.74) is 0. The molecule has 0 aliphatic carbocycles. The predicted octanol–water partition coefficient (Wildman–Crippen LogP) is 1.64. The summed E-state index contributed by atoms with van der Waals surface area (Å²) >= 11 is 0. The maximum absolute atomic E-state index is 12.2. The van der Waals surface area contributed by atoms with Crippen molar-refractivity contribution in [1.82, 2.24) is 14.7 Å². The van der Waals surface area contributed by atoms with Gasteiger partial charge in [0.05, 0.1) is 6.04 Å². The number of hydrogen-bond donors (Lipinski definition) is 0. The van der Waals surface area contributed by atoms with Crippen LogP contribution >= 0.6 is 0 Å². The first-order valence-corrected chi connectivity index (χ1v) is 7.04. The third kappa shape index (κ3) is 3.61. The largest absolute Gasteiger partial charge is 0.341 e. The first kappa shape index (κ1) is 15.8. The van der Waals surface area contributed by atoms with Gasteiger partial charge in [-0.25, -0.2) is 4.79 Å². The highest BCUT2D eigenvalue weighted by molar-refractivity contribution is 5.79. The summed E-state index contributed by atoms with van der Waals surface area (Å²) in [4.78, 5) is 29.6. The number of likely N-dealkylation sites (tertiary alicyclic amines) is 1. The first-order valence-electron chi connectivity index (χ1n) is 7.04. The summed E-state index contributed by atoms with van der Waals surface area (Å²) in [6, 6.07) is 0.406. The third-order valence-electron chi connectivity index (χ3n) is 3.90. The molecular formula is C14H27N3O2. The van der Waals surface area contributed by atoms with Crippen molar-refractivity contribution in [2.45, 2.75) is 46.2 Å². The number of likely N-dealkylation sites (N-methyl/N-ethyl adjacent to an activating group) is 1. The summed E-state index contributed by atoms with van der Waals surface area (Å²) < 4.78 is 0. The highest BCUT2D eigenvalue weighted by atomic mass is 16.2. The van der Waals surface area contributed by atoms with E-state index in [0.717, 1.165) is 13.0 Å². The average molecular weight is 269 g/mol. The van der Waals surface area contributed by atoms with Gasteiger partial charge in [0.15, 0.2) is 0 Å². The number of hydrogen-bond acceptors (Lipinski definition) is 2. The molecule has 0 N–H and O–H groups in total. The third-order valence-corrected chi connectivity index (χ3v) is 3.90. The van der Waals surface area contributed by atoms with E-state index in [-0.39, 0.29) is 29.9 Å². The Kier molecular flexibility index (Phi) is 5.20. The van der Waals surface area contributed by atoms with Crippen LogP contribution in [0.3, 0.4) is 0 Å². The fraction of sp³-hybridized carbons (Fsp3) is 0.857. The van der Waals surface area contributed by atoms with Crippen molar-refractivity contribution in [2.75, 3.05) is 27.2 Å². The van der Waals surface area contributed by atoms with Gasteiger partial charge in [0.25, 0.3) is 0 Å². The highest BCUT2D eigenvalue weighted by Gasteiger charge is 2.33. The van der Waals surface area contributed by atoms with E-state index >= 15 is 0 Å². The van der Waals surface area contributed by atoms with Crippen molar-refractivity contribution in [3.05, 3.63) is 0 Å². The zero-order valence-electron chi connectivity index (χ0n) is 13.0. The van der Waals surface area contributed by atoms with Crippen LogP contribution < -0.4 is 0 Å². The summed E-state index contributed by atoms with van der Waals surface area (Å²) in [5.74, 6) is 0.157. The van der Waals surface area contributed by atoms with E-state index < -0.39 is 0 Å². The lowest BCUT2D eigenvalue weighted by Gasteiger charge is -2.29. The Morgan fingerprint density at radius 3 is 2.21 bits per heavy atom. The Morgan fingerprint density at radius 1 is 1.16 bits per heavy atom. The van der Waals surface area contributed by atoms with Crippen molar-refractivity contribution >= 4 is 11.9 Å². The fourth-order valence-electron chi connectivity index (χ4n) is 2.26. The van der Waals surface area contributed by atoms with Crippen molar-refractivity contribution in [3.63, 3.8) is 0 Å². The van der Waals surface area contributed by atoms with Crippen LogP contribution in [-0.2, 0) is 4.79 Å². The molecule has 5 heteroatoms. The number of urea groups is 1. The molecule has 0 radical (unpaired) electrons. The standard InChI is InChI=1S/C14H27N3O2/c1-10(2)13(18)16(6)12-7-8-17(9-12)14(19)15(5)11(3)4/h10-12H,7-9H2,1-6H3. The van der Waals surface area contributed by atoms with Crippen molar-refractivity contribution < 1.29 is 9.59 Å². The topological polar surface area (TPSA) is 43.9 Å². The van der Waals surface area contributed by atoms with Gasteiger partial charge in [0.2, 0.25) is 5.91 Å². The van der Waals surface area contributed by atoms with E-state index in [0.29, 0.717) is 6.54 Å². The second-order valence-electron chi connectivity index (χ2n) is 5.98. The van der Waals surface area contributed by atoms with Crippen LogP contribution in [0.25, 0.3) is 0 Å². The molecule has 1 fully saturated rings. The molecule has 1 unspecified atom stereocenters. The van der Waals surface area contributed by atoms with E-state index in [1.54, 1.807) is 9.80 Å². The van der Waals surface area contributed by atoms with Gasteiger partial charge in [-0.2, -0.15) is 0 Å². The van der Waals surface area contributed by atoms with Gasteiger partial charge in [-0.3, -0.25) is 4.79 Å². The van der Waals surface area contributed by atoms with Crippen LogP contribution in [0.1, 0.15) is 34.1 Å². The highest BCUT2D eigenvalue weighted by Crippen LogP contribution is 2.18. The van der Waals surface area contributed by atoms with E-state index in [2.05, 4.69) is 0 Å². The summed E-state index contributed by atoms with van der Waals surface area (Å²) in [5, 5.41) is 0. The van der Waals surface area contributed by atoms with Gasteiger partial charge in [-0.15, -0.1) is 0 Å². The first-order chi connectivity index (χ1) is 8.75. The molecule has 0 spiro atoms. The lowest BCUT2D eigenvalue weighted by Crippen LogP contribution is -2.46. The Bertz CT molecular complexity index is 342. The molecule has 0 bridgehead atoms. The lowest BCUT2D eigenvalue weighted by molar-refractivity contribution is -0.135. The molecule has 1 atom stereocenters. The van der Waals surface area contributed by atoms with Crippen molar-refractivity contribution in [2.24, 2.45) is 5.92 Å². The molecule has 3 amide bonds. The molecule has 1 aliphatic heterocycles.